The third-order valence-corrected chi connectivity index (χ3v) is 7.01. The van der Waals surface area contributed by atoms with Crippen molar-refractivity contribution in [2.75, 3.05) is 10.0 Å². The summed E-state index contributed by atoms with van der Waals surface area (Å²) in [5, 5.41) is 7.63. The molecule has 2 N–H and O–H groups in total. The molecule has 3 heterocycles. The number of aryl methyl sites for hydroxylation is 3. The second kappa shape index (κ2) is 9.51. The molecular weight excluding hydrogens is 492 g/mol. The summed E-state index contributed by atoms with van der Waals surface area (Å²) in [5.41, 5.74) is 3.22. The number of nitrogens with zero attached hydrogens (tertiary/aromatic N) is 4. The summed E-state index contributed by atoms with van der Waals surface area (Å²) in [5.74, 6) is 0.174. The summed E-state index contributed by atoms with van der Waals surface area (Å²) in [4.78, 5) is 20.8. The molecule has 0 spiro atoms. The Bertz CT molecular complexity index is 1490. The number of halogens is 1. The molecule has 0 radical (unpaired) electrons. The molecule has 1 aromatic carbocycles. The number of carbonyl (C=O) groups excluding carboxylic acids is 1. The highest BCUT2D eigenvalue weighted by molar-refractivity contribution is 7.92. The maximum Gasteiger partial charge on any atom is 0.291 e. The number of benzene rings is 1. The molecule has 0 saturated carbocycles. The summed E-state index contributed by atoms with van der Waals surface area (Å²) in [6, 6.07) is 10.7. The van der Waals surface area contributed by atoms with Crippen LogP contribution in [0.15, 0.2) is 51.8 Å². The number of aromatic nitrogens is 4. The average Bonchev–Trinajstić information content (AvgIpc) is 3.34. The molecule has 0 aliphatic heterocycles. The van der Waals surface area contributed by atoms with Crippen molar-refractivity contribution in [2.45, 2.75) is 39.1 Å². The van der Waals surface area contributed by atoms with Crippen molar-refractivity contribution in [3.05, 3.63) is 81.8 Å². The molecule has 0 bridgehead atoms. The number of hydrogen-bond acceptors (Lipinski definition) is 7. The lowest BCUT2D eigenvalue weighted by Gasteiger charge is -2.09. The van der Waals surface area contributed by atoms with Gasteiger partial charge in [-0.2, -0.15) is 5.10 Å². The third-order valence-electron chi connectivity index (χ3n) is 5.11. The minimum absolute atomic E-state index is 0.00193. The Morgan fingerprint density at radius 3 is 2.29 bits per heavy atom. The second-order valence-electron chi connectivity index (χ2n) is 7.97. The van der Waals surface area contributed by atoms with Crippen LogP contribution in [0.1, 0.15) is 39.1 Å². The number of nitrogens with one attached hydrogen (secondary N) is 2. The summed E-state index contributed by atoms with van der Waals surface area (Å²) < 4.78 is 35.1. The average molecular weight is 515 g/mol. The highest BCUT2D eigenvalue weighted by Crippen LogP contribution is 2.21. The van der Waals surface area contributed by atoms with Crippen molar-refractivity contribution in [1.82, 2.24) is 19.7 Å². The van der Waals surface area contributed by atoms with Crippen molar-refractivity contribution in [3.63, 3.8) is 0 Å². The molecule has 0 fully saturated rings. The van der Waals surface area contributed by atoms with E-state index in [0.717, 1.165) is 11.4 Å². The van der Waals surface area contributed by atoms with E-state index in [1.54, 1.807) is 36.7 Å². The van der Waals surface area contributed by atoms with Crippen LogP contribution in [0, 0.1) is 27.7 Å². The molecule has 35 heavy (non-hydrogen) atoms. The minimum Gasteiger partial charge on any atom is -0.454 e. The smallest absolute Gasteiger partial charge is 0.291 e. The van der Waals surface area contributed by atoms with Crippen LogP contribution in [0.25, 0.3) is 0 Å². The zero-order valence-corrected chi connectivity index (χ0v) is 21.0. The van der Waals surface area contributed by atoms with Gasteiger partial charge in [-0.3, -0.25) is 9.48 Å². The van der Waals surface area contributed by atoms with Gasteiger partial charge in [0.15, 0.2) is 5.76 Å². The number of rotatable bonds is 7. The number of amides is 1. The summed E-state index contributed by atoms with van der Waals surface area (Å²) in [6.45, 7) is 7.50. The lowest BCUT2D eigenvalue weighted by atomic mass is 10.3. The second-order valence-corrected chi connectivity index (χ2v) is 10.0. The van der Waals surface area contributed by atoms with Gasteiger partial charge in [-0.25, -0.2) is 23.1 Å². The van der Waals surface area contributed by atoms with E-state index in [0.29, 0.717) is 34.4 Å². The van der Waals surface area contributed by atoms with Crippen LogP contribution in [0.2, 0.25) is 5.02 Å². The molecule has 4 aromatic rings. The zero-order chi connectivity index (χ0) is 25.3. The van der Waals surface area contributed by atoms with Crippen LogP contribution in [-0.4, -0.2) is 34.1 Å². The maximum atomic E-state index is 12.7. The fourth-order valence-electron chi connectivity index (χ4n) is 3.42. The van der Waals surface area contributed by atoms with Gasteiger partial charge in [0, 0.05) is 17.1 Å². The Hall–Kier alpha value is -3.70. The van der Waals surface area contributed by atoms with Gasteiger partial charge in [-0.1, -0.05) is 11.6 Å². The first kappa shape index (κ1) is 24.4. The molecule has 182 valence electrons. The molecule has 0 aliphatic rings. The fourth-order valence-corrected chi connectivity index (χ4v) is 4.50. The van der Waals surface area contributed by atoms with Gasteiger partial charge >= 0.3 is 0 Å². The predicted octanol–water partition coefficient (Wildman–Crippen LogP) is 4.25. The van der Waals surface area contributed by atoms with Gasteiger partial charge in [0.25, 0.3) is 15.9 Å². The van der Waals surface area contributed by atoms with Gasteiger partial charge in [0.1, 0.15) is 5.76 Å². The number of carbonyl (C=O) groups is 1. The van der Waals surface area contributed by atoms with Crippen molar-refractivity contribution in [1.29, 1.82) is 0 Å². The van der Waals surface area contributed by atoms with E-state index in [4.69, 9.17) is 16.0 Å². The summed E-state index contributed by atoms with van der Waals surface area (Å²) >= 11 is 6.18. The van der Waals surface area contributed by atoms with Crippen LogP contribution >= 0.6 is 11.6 Å². The Kier molecular flexibility index (Phi) is 6.64. The molecule has 3 aromatic heterocycles. The molecule has 4 rings (SSSR count). The first-order valence-corrected chi connectivity index (χ1v) is 12.4. The largest absolute Gasteiger partial charge is 0.454 e. The standard InChI is InChI=1S/C23H23ClN6O4S/c1-13-11-14(2)26-23(25-13)29-35(32,33)19-8-5-17(6-9-19)27-22(31)20-10-7-18(34-20)12-30-16(4)21(24)15(3)28-30/h5-11H,12H2,1-4H3,(H,27,31)(H,25,26,29). The maximum absolute atomic E-state index is 12.7. The topological polar surface area (TPSA) is 132 Å². The molecule has 12 heteroatoms. The summed E-state index contributed by atoms with van der Waals surface area (Å²) in [7, 11) is -3.90. The number of sulfonamides is 1. The van der Waals surface area contributed by atoms with E-state index in [2.05, 4.69) is 25.1 Å². The van der Waals surface area contributed by atoms with E-state index < -0.39 is 15.9 Å². The molecule has 1 amide bonds. The first-order chi connectivity index (χ1) is 16.5. The zero-order valence-electron chi connectivity index (χ0n) is 19.5. The van der Waals surface area contributed by atoms with E-state index in [1.807, 2.05) is 13.8 Å². The lowest BCUT2D eigenvalue weighted by Crippen LogP contribution is -2.16. The quantitative estimate of drug-likeness (QED) is 0.376. The first-order valence-electron chi connectivity index (χ1n) is 10.6. The van der Waals surface area contributed by atoms with Gasteiger partial charge in [0.2, 0.25) is 5.95 Å². The van der Waals surface area contributed by atoms with Crippen molar-refractivity contribution in [3.8, 4) is 0 Å². The minimum atomic E-state index is -3.90. The number of hydrogen-bond donors (Lipinski definition) is 2. The van der Waals surface area contributed by atoms with Crippen LogP contribution in [0.5, 0.6) is 0 Å². The van der Waals surface area contributed by atoms with E-state index in [1.165, 1.54) is 24.3 Å². The fraction of sp³-hybridized carbons (Fsp3) is 0.217. The van der Waals surface area contributed by atoms with Crippen LogP contribution in [0.4, 0.5) is 11.6 Å². The highest BCUT2D eigenvalue weighted by atomic mass is 35.5. The molecule has 0 unspecified atom stereocenters. The Morgan fingerprint density at radius 1 is 1.03 bits per heavy atom. The van der Waals surface area contributed by atoms with Crippen molar-refractivity contribution >= 4 is 39.2 Å². The third kappa shape index (κ3) is 5.52. The van der Waals surface area contributed by atoms with Crippen molar-refractivity contribution < 1.29 is 17.6 Å². The molecular formula is C23H23ClN6O4S. The van der Waals surface area contributed by atoms with E-state index >= 15 is 0 Å². The van der Waals surface area contributed by atoms with Gasteiger partial charge < -0.3 is 9.73 Å². The molecule has 0 aliphatic carbocycles. The van der Waals surface area contributed by atoms with Gasteiger partial charge in [0.05, 0.1) is 27.9 Å². The predicted molar refractivity (Wildman–Crippen MR) is 131 cm³/mol. The van der Waals surface area contributed by atoms with Crippen molar-refractivity contribution in [2.24, 2.45) is 0 Å². The Morgan fingerprint density at radius 2 is 1.69 bits per heavy atom. The Labute approximate surface area is 207 Å². The number of anilines is 2. The van der Waals surface area contributed by atoms with Gasteiger partial charge in [-0.15, -0.1) is 0 Å². The van der Waals surface area contributed by atoms with E-state index in [-0.39, 0.29) is 16.6 Å². The summed E-state index contributed by atoms with van der Waals surface area (Å²) in [6.07, 6.45) is 0. The van der Waals surface area contributed by atoms with Crippen LogP contribution in [0.3, 0.4) is 0 Å². The normalized spacial score (nSPS) is 11.5. The highest BCUT2D eigenvalue weighted by Gasteiger charge is 2.18. The monoisotopic (exact) mass is 514 g/mol. The molecule has 10 nitrogen and oxygen atoms in total. The Balaban J connectivity index is 1.42. The van der Waals surface area contributed by atoms with Gasteiger partial charge in [-0.05, 0) is 70.2 Å². The van der Waals surface area contributed by atoms with E-state index in [9.17, 15) is 13.2 Å². The van der Waals surface area contributed by atoms with Crippen LogP contribution < -0.4 is 10.0 Å². The lowest BCUT2D eigenvalue weighted by molar-refractivity contribution is 0.0994. The molecule has 0 atom stereocenters. The van der Waals surface area contributed by atoms with Crippen LogP contribution in [-0.2, 0) is 16.6 Å². The number of furan rings is 1. The molecule has 0 saturated heterocycles. The SMILES string of the molecule is Cc1cc(C)nc(NS(=O)(=O)c2ccc(NC(=O)c3ccc(Cn4nc(C)c(Cl)c4C)o3)cc2)n1.